The number of rotatable bonds is 5. The number of phenols is 2. The molecular weight excluding hydrogens is 300 g/mol. The summed E-state index contributed by atoms with van der Waals surface area (Å²) >= 11 is 0. The number of aromatic hydroxyl groups is 2. The number of carbonyl (C=O) groups is 3. The van der Waals surface area contributed by atoms with Crippen molar-refractivity contribution in [3.8, 4) is 11.5 Å². The Kier molecular flexibility index (Phi) is 5.61. The first kappa shape index (κ1) is 17.1. The van der Waals surface area contributed by atoms with Crippen molar-refractivity contribution >= 4 is 24.0 Å². The van der Waals surface area contributed by atoms with Gasteiger partial charge in [0.1, 0.15) is 0 Å². The highest BCUT2D eigenvalue weighted by Crippen LogP contribution is 2.25. The van der Waals surface area contributed by atoms with E-state index in [4.69, 9.17) is 20.4 Å². The molecule has 2 atom stereocenters. The molecule has 9 heteroatoms. The molecule has 0 saturated carbocycles. The van der Waals surface area contributed by atoms with Crippen LogP contribution in [0.25, 0.3) is 6.08 Å². The van der Waals surface area contributed by atoms with Crippen LogP contribution in [0.15, 0.2) is 24.3 Å². The second kappa shape index (κ2) is 7.20. The lowest BCUT2D eigenvalue weighted by Crippen LogP contribution is -2.41. The third kappa shape index (κ3) is 4.58. The maximum atomic E-state index is 11.3. The van der Waals surface area contributed by atoms with Gasteiger partial charge in [0.15, 0.2) is 23.7 Å². The summed E-state index contributed by atoms with van der Waals surface area (Å²) in [6.45, 7) is 0. The molecule has 0 spiro atoms. The summed E-state index contributed by atoms with van der Waals surface area (Å²) in [5, 5.41) is 44.7. The third-order valence-corrected chi connectivity index (χ3v) is 2.41. The van der Waals surface area contributed by atoms with E-state index in [0.29, 0.717) is 5.56 Å². The zero-order valence-electron chi connectivity index (χ0n) is 10.9. The maximum Gasteiger partial charge on any atom is 0.346 e. The molecule has 0 aliphatic rings. The topological polar surface area (TPSA) is 162 Å². The Morgan fingerprint density at radius 2 is 1.68 bits per heavy atom. The van der Waals surface area contributed by atoms with Crippen LogP contribution in [0.3, 0.4) is 0 Å². The van der Waals surface area contributed by atoms with Crippen LogP contribution in [0.4, 0.5) is 0 Å². The van der Waals surface area contributed by atoms with Crippen LogP contribution < -0.4 is 0 Å². The minimum absolute atomic E-state index is 0.297. The summed E-state index contributed by atoms with van der Waals surface area (Å²) in [7, 11) is 0. The predicted molar refractivity (Wildman–Crippen MR) is 69.6 cm³/mol. The van der Waals surface area contributed by atoms with Crippen LogP contribution in [0, 0.1) is 0 Å². The van der Waals surface area contributed by atoms with Gasteiger partial charge >= 0.3 is 17.9 Å². The monoisotopic (exact) mass is 312 g/mol. The quantitative estimate of drug-likeness (QED) is 0.198. The molecule has 0 unspecified atom stereocenters. The minimum atomic E-state index is -2.42. The van der Waals surface area contributed by atoms with Gasteiger partial charge in [0.2, 0.25) is 0 Å². The maximum absolute atomic E-state index is 11.3. The van der Waals surface area contributed by atoms with Gasteiger partial charge in [0.05, 0.1) is 0 Å². The number of aliphatic hydroxyl groups excluding tert-OH is 2. The van der Waals surface area contributed by atoms with E-state index in [1.54, 1.807) is 0 Å². The number of benzene rings is 1. The van der Waals surface area contributed by atoms with Crippen LogP contribution in [-0.2, 0) is 19.1 Å². The Hall–Kier alpha value is -2.91. The number of carboxylic acids is 1. The molecule has 1 aromatic rings. The number of carbonyl (C=O) groups excluding carboxylic acids is 2. The number of aliphatic hydroxyl groups is 2. The van der Waals surface area contributed by atoms with Crippen LogP contribution in [-0.4, -0.2) is 55.6 Å². The molecule has 5 N–H and O–H groups in total. The van der Waals surface area contributed by atoms with E-state index in [9.17, 15) is 19.5 Å². The van der Waals surface area contributed by atoms with Gasteiger partial charge in [0.25, 0.3) is 0 Å². The van der Waals surface area contributed by atoms with Crippen LogP contribution >= 0.6 is 0 Å². The van der Waals surface area contributed by atoms with Crippen molar-refractivity contribution in [1.82, 2.24) is 0 Å². The first-order valence-corrected chi connectivity index (χ1v) is 5.77. The van der Waals surface area contributed by atoms with Gasteiger partial charge in [0, 0.05) is 6.08 Å². The third-order valence-electron chi connectivity index (χ3n) is 2.41. The molecule has 0 aliphatic heterocycles. The zero-order chi connectivity index (χ0) is 16.9. The van der Waals surface area contributed by atoms with Crippen LogP contribution in [0.2, 0.25) is 0 Å². The molecule has 0 fully saturated rings. The minimum Gasteiger partial charge on any atom is -0.504 e. The van der Waals surface area contributed by atoms with E-state index in [1.807, 2.05) is 0 Å². The summed E-state index contributed by atoms with van der Waals surface area (Å²) in [6.07, 6.45) is -2.93. The SMILES string of the molecule is O=C(/C=C/c1ccc(O)c(O)c1)OC(=O)[C@H](O)[C@@H](O)C(=O)O. The van der Waals surface area contributed by atoms with E-state index in [-0.39, 0.29) is 5.75 Å². The Morgan fingerprint density at radius 1 is 1.05 bits per heavy atom. The number of esters is 2. The fourth-order valence-electron chi connectivity index (χ4n) is 1.27. The fourth-order valence-corrected chi connectivity index (χ4v) is 1.27. The normalized spacial score (nSPS) is 13.5. The van der Waals surface area contributed by atoms with Crippen molar-refractivity contribution < 1.29 is 44.7 Å². The van der Waals surface area contributed by atoms with Gasteiger partial charge in [-0.05, 0) is 23.8 Å². The number of aliphatic carboxylic acids is 1. The van der Waals surface area contributed by atoms with E-state index in [2.05, 4.69) is 4.74 Å². The summed E-state index contributed by atoms with van der Waals surface area (Å²) in [4.78, 5) is 32.8. The molecule has 0 heterocycles. The highest BCUT2D eigenvalue weighted by atomic mass is 16.6. The van der Waals surface area contributed by atoms with Crippen LogP contribution in [0.1, 0.15) is 5.56 Å². The molecular formula is C13H12O9. The lowest BCUT2D eigenvalue weighted by Gasteiger charge is -2.11. The molecule has 0 aliphatic carbocycles. The number of carboxylic acid groups (broad SMARTS) is 1. The van der Waals surface area contributed by atoms with Crippen molar-refractivity contribution in [2.75, 3.05) is 0 Å². The number of hydrogen-bond acceptors (Lipinski definition) is 8. The molecule has 22 heavy (non-hydrogen) atoms. The van der Waals surface area contributed by atoms with E-state index < -0.39 is 35.9 Å². The molecule has 0 aromatic heterocycles. The van der Waals surface area contributed by atoms with Crippen molar-refractivity contribution in [3.63, 3.8) is 0 Å². The van der Waals surface area contributed by atoms with Crippen molar-refractivity contribution in [2.45, 2.75) is 12.2 Å². The molecule has 9 nitrogen and oxygen atoms in total. The lowest BCUT2D eigenvalue weighted by molar-refractivity contribution is -0.173. The molecule has 0 saturated heterocycles. The second-order valence-electron chi connectivity index (χ2n) is 4.05. The number of phenolic OH excluding ortho intramolecular Hbond substituents is 2. The smallest absolute Gasteiger partial charge is 0.346 e. The zero-order valence-corrected chi connectivity index (χ0v) is 10.9. The first-order chi connectivity index (χ1) is 10.2. The van der Waals surface area contributed by atoms with Gasteiger partial charge in [-0.15, -0.1) is 0 Å². The number of ether oxygens (including phenoxy) is 1. The van der Waals surface area contributed by atoms with Crippen molar-refractivity contribution in [2.24, 2.45) is 0 Å². The van der Waals surface area contributed by atoms with Gasteiger partial charge in [-0.3, -0.25) is 0 Å². The average Bonchev–Trinajstić information content (AvgIpc) is 2.46. The van der Waals surface area contributed by atoms with E-state index in [0.717, 1.165) is 18.2 Å². The molecule has 1 aromatic carbocycles. The summed E-state index contributed by atoms with van der Waals surface area (Å²) < 4.78 is 4.11. The van der Waals surface area contributed by atoms with E-state index >= 15 is 0 Å². The first-order valence-electron chi connectivity index (χ1n) is 5.77. The lowest BCUT2D eigenvalue weighted by atomic mass is 10.2. The van der Waals surface area contributed by atoms with Crippen molar-refractivity contribution in [3.05, 3.63) is 29.8 Å². The second-order valence-corrected chi connectivity index (χ2v) is 4.05. The fraction of sp³-hybridized carbons (Fsp3) is 0.154. The van der Waals surface area contributed by atoms with Crippen molar-refractivity contribution in [1.29, 1.82) is 0 Å². The molecule has 1 rings (SSSR count). The highest BCUT2D eigenvalue weighted by Gasteiger charge is 2.32. The Labute approximate surface area is 123 Å². The summed E-state index contributed by atoms with van der Waals surface area (Å²) in [5.41, 5.74) is 0.297. The standard InChI is InChI=1S/C13H12O9/c14-7-3-1-6(5-8(7)15)2-4-9(16)22-13(21)11(18)10(17)12(19)20/h1-5,10-11,14-15,17-18H,(H,19,20)/b4-2+/t10-,11-/m1/s1. The Bertz CT molecular complexity index is 620. The van der Waals surface area contributed by atoms with Crippen LogP contribution in [0.5, 0.6) is 11.5 Å². The van der Waals surface area contributed by atoms with Gasteiger partial charge < -0.3 is 30.3 Å². The van der Waals surface area contributed by atoms with E-state index in [1.165, 1.54) is 12.1 Å². The molecule has 0 amide bonds. The van der Waals surface area contributed by atoms with Gasteiger partial charge in [-0.2, -0.15) is 0 Å². The summed E-state index contributed by atoms with van der Waals surface area (Å²) in [6, 6.07) is 3.64. The highest BCUT2D eigenvalue weighted by molar-refractivity contribution is 5.97. The molecule has 118 valence electrons. The Balaban J connectivity index is 2.65. The summed E-state index contributed by atoms with van der Waals surface area (Å²) in [5.74, 6) is -5.49. The van der Waals surface area contributed by atoms with Gasteiger partial charge in [-0.25, -0.2) is 14.4 Å². The predicted octanol–water partition coefficient (Wildman–Crippen LogP) is -1.01. The number of hydrogen-bond donors (Lipinski definition) is 5. The average molecular weight is 312 g/mol. The molecule has 0 bridgehead atoms. The Morgan fingerprint density at radius 3 is 2.23 bits per heavy atom. The van der Waals surface area contributed by atoms with Gasteiger partial charge in [-0.1, -0.05) is 6.07 Å². The molecule has 0 radical (unpaired) electrons. The largest absolute Gasteiger partial charge is 0.504 e.